The molecule has 166 valence electrons. The van der Waals surface area contributed by atoms with Crippen LogP contribution in [0.2, 0.25) is 0 Å². The minimum Gasteiger partial charge on any atom is -0.462 e. The van der Waals surface area contributed by atoms with Crippen LogP contribution in [0.15, 0.2) is 82.3 Å². The first kappa shape index (κ1) is 21.1. The highest BCUT2D eigenvalue weighted by Gasteiger charge is 2.20. The van der Waals surface area contributed by atoms with Gasteiger partial charge in [0.1, 0.15) is 0 Å². The van der Waals surface area contributed by atoms with Crippen LogP contribution in [-0.4, -0.2) is 34.6 Å². The van der Waals surface area contributed by atoms with E-state index in [1.54, 1.807) is 48.7 Å². The maximum atomic E-state index is 13.3. The highest BCUT2D eigenvalue weighted by Crippen LogP contribution is 2.33. The molecule has 2 N–H and O–H groups in total. The van der Waals surface area contributed by atoms with Gasteiger partial charge in [0.15, 0.2) is 5.58 Å². The van der Waals surface area contributed by atoms with E-state index in [9.17, 15) is 13.7 Å². The SMILES string of the molecule is N#Cc1ccccc1-c1cccc(S(=O)(=O)Nc2cc(N3CCNCC3)c3occc3c2)c1. The zero-order valence-corrected chi connectivity index (χ0v) is 18.6. The molecule has 33 heavy (non-hydrogen) atoms. The number of rotatable bonds is 5. The van der Waals surface area contributed by atoms with Gasteiger partial charge in [-0.2, -0.15) is 5.26 Å². The minimum atomic E-state index is -3.86. The number of fused-ring (bicyclic) bond motifs is 1. The van der Waals surface area contributed by atoms with E-state index in [1.807, 2.05) is 24.3 Å². The Morgan fingerprint density at radius 2 is 1.82 bits per heavy atom. The van der Waals surface area contributed by atoms with Gasteiger partial charge in [-0.1, -0.05) is 30.3 Å². The van der Waals surface area contributed by atoms with Gasteiger partial charge < -0.3 is 14.6 Å². The lowest BCUT2D eigenvalue weighted by atomic mass is 10.0. The first-order valence-corrected chi connectivity index (χ1v) is 12.1. The average Bonchev–Trinajstić information content (AvgIpc) is 3.32. The number of nitriles is 1. The molecule has 8 heteroatoms. The van der Waals surface area contributed by atoms with E-state index in [2.05, 4.69) is 21.0 Å². The van der Waals surface area contributed by atoms with Crippen LogP contribution in [0, 0.1) is 11.3 Å². The molecule has 2 heterocycles. The molecule has 1 aliphatic heterocycles. The summed E-state index contributed by atoms with van der Waals surface area (Å²) in [5.74, 6) is 0. The molecule has 0 spiro atoms. The largest absolute Gasteiger partial charge is 0.462 e. The molecule has 0 unspecified atom stereocenters. The monoisotopic (exact) mass is 458 g/mol. The standard InChI is InChI=1S/C25H22N4O3S/c26-17-20-4-1-2-7-23(20)18-5-3-6-22(15-18)33(30,31)28-21-14-19-8-13-32-25(19)24(16-21)29-11-9-27-10-12-29/h1-8,13-16,27-28H,9-12H2. The zero-order chi connectivity index (χ0) is 22.8. The third-order valence-electron chi connectivity index (χ3n) is 5.74. The third kappa shape index (κ3) is 4.16. The summed E-state index contributed by atoms with van der Waals surface area (Å²) in [5.41, 5.74) is 3.94. The second-order valence-corrected chi connectivity index (χ2v) is 9.54. The predicted molar refractivity (Wildman–Crippen MR) is 129 cm³/mol. The fraction of sp³-hybridized carbons (Fsp3) is 0.160. The summed E-state index contributed by atoms with van der Waals surface area (Å²) < 4.78 is 35.0. The Kier molecular flexibility index (Phi) is 5.50. The Labute approximate surface area is 192 Å². The molecule has 1 fully saturated rings. The average molecular weight is 459 g/mol. The lowest BCUT2D eigenvalue weighted by Gasteiger charge is -2.29. The molecule has 0 bridgehead atoms. The van der Waals surface area contributed by atoms with Crippen molar-refractivity contribution in [3.63, 3.8) is 0 Å². The first-order chi connectivity index (χ1) is 16.0. The van der Waals surface area contributed by atoms with Crippen LogP contribution in [0.5, 0.6) is 0 Å². The number of hydrogen-bond donors (Lipinski definition) is 2. The second kappa shape index (κ2) is 8.62. The van der Waals surface area contributed by atoms with Crippen molar-refractivity contribution < 1.29 is 12.8 Å². The van der Waals surface area contributed by atoms with Crippen LogP contribution in [0.4, 0.5) is 11.4 Å². The summed E-state index contributed by atoms with van der Waals surface area (Å²) >= 11 is 0. The van der Waals surface area contributed by atoms with Gasteiger partial charge in [-0.25, -0.2) is 8.42 Å². The van der Waals surface area contributed by atoms with E-state index in [4.69, 9.17) is 4.42 Å². The quantitative estimate of drug-likeness (QED) is 0.466. The fourth-order valence-electron chi connectivity index (χ4n) is 4.14. The van der Waals surface area contributed by atoms with Crippen LogP contribution in [-0.2, 0) is 10.0 Å². The van der Waals surface area contributed by atoms with Gasteiger partial charge in [-0.3, -0.25) is 4.72 Å². The van der Waals surface area contributed by atoms with Crippen LogP contribution in [0.3, 0.4) is 0 Å². The summed E-state index contributed by atoms with van der Waals surface area (Å²) in [6.07, 6.45) is 1.62. The van der Waals surface area contributed by atoms with Gasteiger partial charge in [0.25, 0.3) is 10.0 Å². The molecule has 1 aromatic heterocycles. The number of anilines is 2. The van der Waals surface area contributed by atoms with Crippen molar-refractivity contribution in [1.82, 2.24) is 5.32 Å². The molecule has 7 nitrogen and oxygen atoms in total. The Hall–Kier alpha value is -3.80. The maximum absolute atomic E-state index is 13.3. The summed E-state index contributed by atoms with van der Waals surface area (Å²) in [5, 5.41) is 13.6. The molecule has 3 aromatic carbocycles. The van der Waals surface area contributed by atoms with Crippen LogP contribution < -0.4 is 14.9 Å². The van der Waals surface area contributed by atoms with Crippen molar-refractivity contribution in [2.45, 2.75) is 4.90 Å². The Morgan fingerprint density at radius 1 is 1.00 bits per heavy atom. The Morgan fingerprint density at radius 3 is 2.64 bits per heavy atom. The Balaban J connectivity index is 1.50. The van der Waals surface area contributed by atoms with Crippen LogP contribution in [0.1, 0.15) is 5.56 Å². The maximum Gasteiger partial charge on any atom is 0.261 e. The topological polar surface area (TPSA) is 98.4 Å². The number of benzene rings is 3. The number of nitrogens with zero attached hydrogens (tertiary/aromatic N) is 2. The molecule has 5 rings (SSSR count). The summed E-state index contributed by atoms with van der Waals surface area (Å²) in [6, 6.07) is 21.3. The van der Waals surface area contributed by atoms with Gasteiger partial charge in [-0.15, -0.1) is 0 Å². The van der Waals surface area contributed by atoms with Gasteiger partial charge in [-0.05, 0) is 47.5 Å². The van der Waals surface area contributed by atoms with E-state index in [0.717, 1.165) is 42.8 Å². The first-order valence-electron chi connectivity index (χ1n) is 10.6. The van der Waals surface area contributed by atoms with E-state index in [1.165, 1.54) is 0 Å². The lowest BCUT2D eigenvalue weighted by molar-refractivity contribution is 0.579. The highest BCUT2D eigenvalue weighted by atomic mass is 32.2. The number of sulfonamides is 1. The molecule has 0 aliphatic carbocycles. The van der Waals surface area contributed by atoms with Crippen molar-refractivity contribution in [3.8, 4) is 17.2 Å². The number of nitrogens with one attached hydrogen (secondary N) is 2. The van der Waals surface area contributed by atoms with Crippen molar-refractivity contribution >= 4 is 32.4 Å². The van der Waals surface area contributed by atoms with Gasteiger partial charge >= 0.3 is 0 Å². The second-order valence-electron chi connectivity index (χ2n) is 7.86. The van der Waals surface area contributed by atoms with Gasteiger partial charge in [0.05, 0.1) is 34.2 Å². The van der Waals surface area contributed by atoms with Crippen molar-refractivity contribution in [2.24, 2.45) is 0 Å². The van der Waals surface area contributed by atoms with Crippen LogP contribution in [0.25, 0.3) is 22.1 Å². The number of piperazine rings is 1. The van der Waals surface area contributed by atoms with E-state index in [-0.39, 0.29) is 4.90 Å². The smallest absolute Gasteiger partial charge is 0.261 e. The normalized spacial score (nSPS) is 14.2. The molecule has 1 saturated heterocycles. The van der Waals surface area contributed by atoms with E-state index >= 15 is 0 Å². The fourth-order valence-corrected chi connectivity index (χ4v) is 5.23. The van der Waals surface area contributed by atoms with E-state index in [0.29, 0.717) is 22.4 Å². The summed E-state index contributed by atoms with van der Waals surface area (Å²) in [4.78, 5) is 2.32. The molecule has 1 aliphatic rings. The minimum absolute atomic E-state index is 0.128. The van der Waals surface area contributed by atoms with Crippen molar-refractivity contribution in [2.75, 3.05) is 35.8 Å². The summed E-state index contributed by atoms with van der Waals surface area (Å²) in [7, 11) is -3.86. The van der Waals surface area contributed by atoms with Gasteiger partial charge in [0, 0.05) is 31.6 Å². The molecule has 4 aromatic rings. The van der Waals surface area contributed by atoms with E-state index < -0.39 is 10.0 Å². The molecule has 0 amide bonds. The number of furan rings is 1. The lowest BCUT2D eigenvalue weighted by Crippen LogP contribution is -2.43. The number of hydrogen-bond acceptors (Lipinski definition) is 6. The Bertz CT molecular complexity index is 1460. The third-order valence-corrected chi connectivity index (χ3v) is 7.12. The molecular weight excluding hydrogens is 436 g/mol. The van der Waals surface area contributed by atoms with Crippen molar-refractivity contribution in [3.05, 3.63) is 78.6 Å². The molecule has 0 atom stereocenters. The summed E-state index contributed by atoms with van der Waals surface area (Å²) in [6.45, 7) is 3.34. The highest BCUT2D eigenvalue weighted by molar-refractivity contribution is 7.92. The predicted octanol–water partition coefficient (Wildman–Crippen LogP) is 4.18. The van der Waals surface area contributed by atoms with Gasteiger partial charge in [0.2, 0.25) is 0 Å². The molecule has 0 saturated carbocycles. The zero-order valence-electron chi connectivity index (χ0n) is 17.8. The molecule has 0 radical (unpaired) electrons. The molecular formula is C25H22N4O3S. The van der Waals surface area contributed by atoms with Crippen molar-refractivity contribution in [1.29, 1.82) is 5.26 Å². The van der Waals surface area contributed by atoms with Crippen LogP contribution >= 0.6 is 0 Å².